The second-order valence-corrected chi connectivity index (χ2v) is 18.9. The molecule has 1 heterocycles. The van der Waals surface area contributed by atoms with E-state index in [4.69, 9.17) is 0 Å². The Bertz CT molecular complexity index is 3240. The summed E-state index contributed by atoms with van der Waals surface area (Å²) in [5.74, 6) is 0. The molecule has 0 saturated carbocycles. The van der Waals surface area contributed by atoms with E-state index in [1.54, 1.807) is 0 Å². The molecule has 0 radical (unpaired) electrons. The molecule has 1 nitrogen and oxygen atoms in total. The first kappa shape index (κ1) is 38.5. The van der Waals surface area contributed by atoms with Gasteiger partial charge in [0, 0.05) is 28.4 Å². The Morgan fingerprint density at radius 3 is 1.18 bits per heavy atom. The van der Waals surface area contributed by atoms with E-state index >= 15 is 0 Å². The van der Waals surface area contributed by atoms with E-state index in [9.17, 15) is 0 Å². The van der Waals surface area contributed by atoms with Crippen LogP contribution in [-0.2, 0) is 17.4 Å². The van der Waals surface area contributed by atoms with Crippen LogP contribution in [0.2, 0.25) is 0 Å². The normalized spacial score (nSPS) is 12.2. The molecule has 61 heavy (non-hydrogen) atoms. The topological polar surface area (TPSA) is 4.93 Å². The van der Waals surface area contributed by atoms with E-state index in [0.717, 1.165) is 6.54 Å². The van der Waals surface area contributed by atoms with Crippen LogP contribution in [0, 0.1) is 0 Å². The third kappa shape index (κ3) is 6.83. The Kier molecular flexibility index (Phi) is 9.33. The minimum Gasteiger partial charge on any atom is -0.341 e. The first-order chi connectivity index (χ1) is 29.5. The quantitative estimate of drug-likeness (QED) is 0.148. The summed E-state index contributed by atoms with van der Waals surface area (Å²) in [5.41, 5.74) is 17.7. The molecule has 0 aliphatic carbocycles. The fourth-order valence-electron chi connectivity index (χ4n) is 9.50. The van der Waals surface area contributed by atoms with Crippen LogP contribution >= 0.6 is 0 Å². The van der Waals surface area contributed by atoms with Gasteiger partial charge in [0.1, 0.15) is 0 Å². The lowest BCUT2D eigenvalue weighted by Gasteiger charge is -2.25. The molecule has 9 aromatic carbocycles. The molecule has 1 heteroatoms. The molecule has 10 aromatic rings. The number of aryl methyl sites for hydroxylation is 1. The molecule has 1 aromatic heterocycles. The lowest BCUT2D eigenvalue weighted by molar-refractivity contribution is 0.590. The number of rotatable bonds is 6. The summed E-state index contributed by atoms with van der Waals surface area (Å²) in [7, 11) is 0. The molecular weight excluding hydrogens is 735 g/mol. The Labute approximate surface area is 361 Å². The summed E-state index contributed by atoms with van der Waals surface area (Å²) >= 11 is 0. The van der Waals surface area contributed by atoms with E-state index in [1.807, 2.05) is 0 Å². The predicted octanol–water partition coefficient (Wildman–Crippen LogP) is 17.1. The summed E-state index contributed by atoms with van der Waals surface area (Å²) in [6.45, 7) is 17.1. The first-order valence-electron chi connectivity index (χ1n) is 21.9. The average Bonchev–Trinajstić information content (AvgIpc) is 3.60. The summed E-state index contributed by atoms with van der Waals surface area (Å²) in [6.07, 6.45) is 0. The van der Waals surface area contributed by atoms with Gasteiger partial charge in [-0.2, -0.15) is 0 Å². The average molecular weight is 788 g/mol. The number of fused-ring (bicyclic) bond motifs is 5. The van der Waals surface area contributed by atoms with Crippen LogP contribution in [0.4, 0.5) is 0 Å². The van der Waals surface area contributed by atoms with Gasteiger partial charge in [0.05, 0.1) is 0 Å². The minimum atomic E-state index is 0.00413. The molecule has 0 amide bonds. The number of hydrogen-bond donors (Lipinski definition) is 0. The van der Waals surface area contributed by atoms with E-state index in [2.05, 4.69) is 235 Å². The van der Waals surface area contributed by atoms with E-state index in [0.29, 0.717) is 0 Å². The third-order valence-corrected chi connectivity index (χ3v) is 12.9. The van der Waals surface area contributed by atoms with E-state index < -0.39 is 0 Å². The first-order valence-corrected chi connectivity index (χ1v) is 21.9. The van der Waals surface area contributed by atoms with Gasteiger partial charge < -0.3 is 4.57 Å². The molecule has 0 spiro atoms. The largest absolute Gasteiger partial charge is 0.341 e. The molecule has 298 valence electrons. The second kappa shape index (κ2) is 14.8. The molecule has 0 fully saturated rings. The van der Waals surface area contributed by atoms with Crippen LogP contribution in [0.1, 0.15) is 59.6 Å². The van der Waals surface area contributed by atoms with Crippen molar-refractivity contribution >= 4 is 43.4 Å². The van der Waals surface area contributed by atoms with Crippen molar-refractivity contribution in [3.05, 3.63) is 193 Å². The Morgan fingerprint density at radius 1 is 0.311 bits per heavy atom. The molecule has 0 unspecified atom stereocenters. The van der Waals surface area contributed by atoms with Gasteiger partial charge in [-0.1, -0.05) is 193 Å². The van der Waals surface area contributed by atoms with Crippen LogP contribution in [0.25, 0.3) is 99.0 Å². The van der Waals surface area contributed by atoms with Gasteiger partial charge in [0.2, 0.25) is 0 Å². The molecule has 0 bridgehead atoms. The predicted molar refractivity (Wildman–Crippen MR) is 265 cm³/mol. The number of aromatic nitrogens is 1. The number of benzene rings is 9. The highest BCUT2D eigenvalue weighted by Gasteiger charge is 2.23. The standard InChI is InChI=1S/C60H53N/c1-8-61-55-17-13-12-16-49(55)52-36-46(30-35-56(52)61)43-20-18-41(19-21-43)42-24-28-45(29-25-42)58-51-34-32-47(59(2,3)4)37-53(51)57(50-33-31-48(38-54(50)58)60(5,6)7)44-26-22-40(23-27-44)39-14-10-9-11-15-39/h9-38H,8H2,1-7H3. The Morgan fingerprint density at radius 2 is 0.705 bits per heavy atom. The van der Waals surface area contributed by atoms with Crippen LogP contribution in [0.15, 0.2) is 182 Å². The minimum absolute atomic E-state index is 0.00413. The lowest BCUT2D eigenvalue weighted by Crippen LogP contribution is -2.11. The SMILES string of the molecule is CCn1c2ccccc2c2cc(-c3ccc(-c4ccc(-c5c6ccc(C(C)(C)C)cc6c(-c6ccc(-c7ccccc7)cc6)c6ccc(C(C)(C)C)cc56)cc4)cc3)ccc21. The smallest absolute Gasteiger partial charge is 0.0491 e. The van der Waals surface area contributed by atoms with Crippen molar-refractivity contribution in [3.63, 3.8) is 0 Å². The van der Waals surface area contributed by atoms with Gasteiger partial charge in [-0.25, -0.2) is 0 Å². The van der Waals surface area contributed by atoms with Crippen molar-refractivity contribution in [2.75, 3.05) is 0 Å². The zero-order chi connectivity index (χ0) is 42.0. The molecular formula is C60H53N. The van der Waals surface area contributed by atoms with Crippen molar-refractivity contribution in [2.24, 2.45) is 0 Å². The lowest BCUT2D eigenvalue weighted by atomic mass is 9.79. The van der Waals surface area contributed by atoms with Gasteiger partial charge in [0.15, 0.2) is 0 Å². The molecule has 0 aliphatic rings. The molecule has 0 N–H and O–H groups in total. The fraction of sp³-hybridized carbons (Fsp3) is 0.167. The van der Waals surface area contributed by atoms with Gasteiger partial charge >= 0.3 is 0 Å². The molecule has 0 atom stereocenters. The van der Waals surface area contributed by atoms with Gasteiger partial charge in [-0.05, 0) is 136 Å². The van der Waals surface area contributed by atoms with Gasteiger partial charge in [-0.15, -0.1) is 0 Å². The molecule has 0 aliphatic heterocycles. The monoisotopic (exact) mass is 787 g/mol. The van der Waals surface area contributed by atoms with Gasteiger partial charge in [0.25, 0.3) is 0 Å². The number of para-hydroxylation sites is 1. The van der Waals surface area contributed by atoms with Crippen LogP contribution in [0.3, 0.4) is 0 Å². The zero-order valence-corrected chi connectivity index (χ0v) is 36.5. The maximum Gasteiger partial charge on any atom is 0.0491 e. The summed E-state index contributed by atoms with van der Waals surface area (Å²) in [5, 5.41) is 7.78. The van der Waals surface area contributed by atoms with Gasteiger partial charge in [-0.3, -0.25) is 0 Å². The highest BCUT2D eigenvalue weighted by molar-refractivity contribution is 6.22. The van der Waals surface area contributed by atoms with Crippen LogP contribution < -0.4 is 0 Å². The van der Waals surface area contributed by atoms with Crippen molar-refractivity contribution in [1.29, 1.82) is 0 Å². The summed E-state index contributed by atoms with van der Waals surface area (Å²) in [4.78, 5) is 0. The van der Waals surface area contributed by atoms with Crippen molar-refractivity contribution in [1.82, 2.24) is 4.57 Å². The number of hydrogen-bond acceptors (Lipinski definition) is 0. The van der Waals surface area contributed by atoms with E-state index in [-0.39, 0.29) is 10.8 Å². The highest BCUT2D eigenvalue weighted by atomic mass is 15.0. The van der Waals surface area contributed by atoms with Crippen molar-refractivity contribution in [3.8, 4) is 55.6 Å². The Balaban J connectivity index is 1.09. The third-order valence-electron chi connectivity index (χ3n) is 12.9. The summed E-state index contributed by atoms with van der Waals surface area (Å²) in [6, 6.07) is 68.4. The second-order valence-electron chi connectivity index (χ2n) is 18.9. The summed E-state index contributed by atoms with van der Waals surface area (Å²) < 4.78 is 2.42. The molecule has 10 rings (SSSR count). The van der Waals surface area contributed by atoms with Crippen LogP contribution in [-0.4, -0.2) is 4.57 Å². The number of nitrogens with zero attached hydrogens (tertiary/aromatic N) is 1. The maximum atomic E-state index is 2.47. The van der Waals surface area contributed by atoms with Crippen LogP contribution in [0.5, 0.6) is 0 Å². The van der Waals surface area contributed by atoms with Crippen molar-refractivity contribution in [2.45, 2.75) is 65.8 Å². The molecule has 0 saturated heterocycles. The maximum absolute atomic E-state index is 2.47. The highest BCUT2D eigenvalue weighted by Crippen LogP contribution is 2.46. The van der Waals surface area contributed by atoms with E-state index in [1.165, 1.54) is 110 Å². The zero-order valence-electron chi connectivity index (χ0n) is 36.5. The Hall–Kier alpha value is -6.70. The van der Waals surface area contributed by atoms with Crippen molar-refractivity contribution < 1.29 is 0 Å². The fourth-order valence-corrected chi connectivity index (χ4v) is 9.50.